The molecule has 0 bridgehead atoms. The summed E-state index contributed by atoms with van der Waals surface area (Å²) in [6.07, 6.45) is -4.36. The normalized spacial score (nSPS) is 9.85. The molecule has 1 N–H and O–H groups in total. The van der Waals surface area contributed by atoms with Crippen molar-refractivity contribution in [1.82, 2.24) is 0 Å². The molecule has 0 amide bonds. The first kappa shape index (κ1) is 15.0. The van der Waals surface area contributed by atoms with Crippen molar-refractivity contribution in [3.05, 3.63) is 40.8 Å². The summed E-state index contributed by atoms with van der Waals surface area (Å²) in [5, 5.41) is 27.7. The number of hydrogen-bond acceptors (Lipinski definition) is 4. The van der Waals surface area contributed by atoms with Gasteiger partial charge in [0.2, 0.25) is 0 Å². The van der Waals surface area contributed by atoms with Crippen LogP contribution in [0.15, 0.2) is 23.9 Å². The standard InChI is InChI=1S/C12H4F4N4/c13-9-2-1-8(5-19)11(10(9)12(14,15)16)20-6-7(3-17)4-18/h1-2,6,20H. The molecular weight excluding hydrogens is 276 g/mol. The molecule has 0 aromatic heterocycles. The Bertz CT molecular complexity index is 668. The third kappa shape index (κ3) is 3.04. The minimum absolute atomic E-state index is 0.467. The van der Waals surface area contributed by atoms with Crippen LogP contribution in [0.5, 0.6) is 0 Å². The minimum atomic E-state index is -5.04. The number of nitrogens with zero attached hydrogens (tertiary/aromatic N) is 3. The first-order valence-electron chi connectivity index (χ1n) is 4.91. The summed E-state index contributed by atoms with van der Waals surface area (Å²) in [4.78, 5) is 0. The van der Waals surface area contributed by atoms with Crippen molar-refractivity contribution in [3.8, 4) is 18.2 Å². The number of nitrogens with one attached hydrogen (secondary N) is 1. The fourth-order valence-electron chi connectivity index (χ4n) is 1.33. The molecule has 0 heterocycles. The molecule has 0 unspecified atom stereocenters. The number of hydrogen-bond donors (Lipinski definition) is 1. The second kappa shape index (κ2) is 5.73. The minimum Gasteiger partial charge on any atom is -0.358 e. The van der Waals surface area contributed by atoms with Crippen LogP contribution >= 0.6 is 0 Å². The van der Waals surface area contributed by atoms with Gasteiger partial charge < -0.3 is 5.32 Å². The van der Waals surface area contributed by atoms with Crippen LogP contribution in [0.1, 0.15) is 11.1 Å². The molecule has 1 rings (SSSR count). The van der Waals surface area contributed by atoms with E-state index < -0.39 is 34.4 Å². The van der Waals surface area contributed by atoms with E-state index in [0.717, 1.165) is 6.07 Å². The molecule has 0 fully saturated rings. The summed E-state index contributed by atoms with van der Waals surface area (Å²) in [5.41, 5.74) is -3.50. The Morgan fingerprint density at radius 1 is 1.15 bits per heavy atom. The molecule has 0 aliphatic carbocycles. The molecule has 20 heavy (non-hydrogen) atoms. The van der Waals surface area contributed by atoms with E-state index in [1.165, 1.54) is 18.2 Å². The maximum atomic E-state index is 13.3. The summed E-state index contributed by atoms with van der Waals surface area (Å²) in [6.45, 7) is 0. The van der Waals surface area contributed by atoms with Gasteiger partial charge in [-0.2, -0.15) is 29.0 Å². The Morgan fingerprint density at radius 3 is 2.20 bits per heavy atom. The van der Waals surface area contributed by atoms with Crippen molar-refractivity contribution in [2.45, 2.75) is 6.18 Å². The van der Waals surface area contributed by atoms with E-state index in [1.54, 1.807) is 0 Å². The van der Waals surface area contributed by atoms with Crippen molar-refractivity contribution in [3.63, 3.8) is 0 Å². The van der Waals surface area contributed by atoms with Crippen LogP contribution < -0.4 is 5.32 Å². The average molecular weight is 280 g/mol. The summed E-state index contributed by atoms with van der Waals surface area (Å²) in [7, 11) is 0. The van der Waals surface area contributed by atoms with E-state index in [-0.39, 0.29) is 0 Å². The van der Waals surface area contributed by atoms with E-state index in [9.17, 15) is 17.6 Å². The lowest BCUT2D eigenvalue weighted by atomic mass is 10.1. The van der Waals surface area contributed by atoms with Crippen LogP contribution in [0, 0.1) is 39.8 Å². The number of halogens is 4. The molecule has 1 aromatic carbocycles. The molecule has 0 radical (unpaired) electrons. The van der Waals surface area contributed by atoms with E-state index in [2.05, 4.69) is 0 Å². The summed E-state index contributed by atoms with van der Waals surface area (Å²) in [5.74, 6) is -1.57. The van der Waals surface area contributed by atoms with Gasteiger partial charge in [-0.15, -0.1) is 0 Å². The second-order valence-corrected chi connectivity index (χ2v) is 3.38. The zero-order valence-electron chi connectivity index (χ0n) is 9.59. The Morgan fingerprint density at radius 2 is 1.75 bits per heavy atom. The van der Waals surface area contributed by atoms with E-state index in [4.69, 9.17) is 15.8 Å². The van der Waals surface area contributed by atoms with Gasteiger partial charge in [-0.05, 0) is 12.1 Å². The second-order valence-electron chi connectivity index (χ2n) is 3.38. The summed E-state index contributed by atoms with van der Waals surface area (Å²) in [6, 6.07) is 5.67. The van der Waals surface area contributed by atoms with Gasteiger partial charge in [0.15, 0.2) is 0 Å². The summed E-state index contributed by atoms with van der Waals surface area (Å²) >= 11 is 0. The largest absolute Gasteiger partial charge is 0.421 e. The number of alkyl halides is 3. The van der Waals surface area contributed by atoms with Crippen molar-refractivity contribution in [2.24, 2.45) is 0 Å². The van der Waals surface area contributed by atoms with Gasteiger partial charge in [-0.25, -0.2) is 4.39 Å². The fraction of sp³-hybridized carbons (Fsp3) is 0.0833. The Kier molecular flexibility index (Phi) is 4.30. The summed E-state index contributed by atoms with van der Waals surface area (Å²) < 4.78 is 51.7. The maximum Gasteiger partial charge on any atom is 0.421 e. The highest BCUT2D eigenvalue weighted by Gasteiger charge is 2.38. The zero-order valence-corrected chi connectivity index (χ0v) is 9.59. The molecule has 0 saturated heterocycles. The third-order valence-corrected chi connectivity index (χ3v) is 2.16. The molecule has 100 valence electrons. The molecule has 0 aliphatic heterocycles. The van der Waals surface area contributed by atoms with Crippen LogP contribution in [-0.4, -0.2) is 0 Å². The predicted molar refractivity (Wildman–Crippen MR) is 59.0 cm³/mol. The first-order valence-corrected chi connectivity index (χ1v) is 4.91. The van der Waals surface area contributed by atoms with Gasteiger partial charge in [-0.1, -0.05) is 0 Å². The number of allylic oxidation sites excluding steroid dienone is 1. The molecule has 0 aliphatic rings. The van der Waals surface area contributed by atoms with Gasteiger partial charge in [0.1, 0.15) is 35.2 Å². The molecule has 8 heteroatoms. The van der Waals surface area contributed by atoms with Crippen molar-refractivity contribution >= 4 is 5.69 Å². The smallest absolute Gasteiger partial charge is 0.358 e. The fourth-order valence-corrected chi connectivity index (χ4v) is 1.33. The highest BCUT2D eigenvalue weighted by Crippen LogP contribution is 2.38. The van der Waals surface area contributed by atoms with Crippen LogP contribution in [0.3, 0.4) is 0 Å². The van der Waals surface area contributed by atoms with Crippen molar-refractivity contribution in [1.29, 1.82) is 15.8 Å². The van der Waals surface area contributed by atoms with Gasteiger partial charge in [0.25, 0.3) is 0 Å². The van der Waals surface area contributed by atoms with Crippen molar-refractivity contribution in [2.75, 3.05) is 5.32 Å². The quantitative estimate of drug-likeness (QED) is 0.666. The van der Waals surface area contributed by atoms with Crippen LogP contribution in [0.25, 0.3) is 0 Å². The molecule has 0 spiro atoms. The maximum absolute atomic E-state index is 13.3. The lowest BCUT2D eigenvalue weighted by molar-refractivity contribution is -0.139. The van der Waals surface area contributed by atoms with Gasteiger partial charge in [-0.3, -0.25) is 0 Å². The molecule has 0 saturated carbocycles. The van der Waals surface area contributed by atoms with E-state index >= 15 is 0 Å². The zero-order chi connectivity index (χ0) is 15.3. The SMILES string of the molecule is N#CC(C#N)=CNc1c(C#N)ccc(F)c1C(F)(F)F. The van der Waals surface area contributed by atoms with Gasteiger partial charge >= 0.3 is 6.18 Å². The number of benzene rings is 1. The van der Waals surface area contributed by atoms with Gasteiger partial charge in [0.05, 0.1) is 11.3 Å². The Hall–Kier alpha value is -3.05. The van der Waals surface area contributed by atoms with E-state index in [1.807, 2.05) is 5.32 Å². The van der Waals surface area contributed by atoms with Crippen LogP contribution in [0.2, 0.25) is 0 Å². The topological polar surface area (TPSA) is 83.4 Å². The Labute approximate surface area is 110 Å². The highest BCUT2D eigenvalue weighted by atomic mass is 19.4. The third-order valence-electron chi connectivity index (χ3n) is 2.16. The predicted octanol–water partition coefficient (Wildman–Crippen LogP) is 3.06. The molecule has 4 nitrogen and oxygen atoms in total. The molecule has 0 atom stereocenters. The highest BCUT2D eigenvalue weighted by molar-refractivity contribution is 5.66. The lowest BCUT2D eigenvalue weighted by Gasteiger charge is -2.14. The van der Waals surface area contributed by atoms with E-state index in [0.29, 0.717) is 12.3 Å². The average Bonchev–Trinajstić information content (AvgIpc) is 2.38. The Balaban J connectivity index is 3.49. The first-order chi connectivity index (χ1) is 9.35. The lowest BCUT2D eigenvalue weighted by Crippen LogP contribution is -2.13. The van der Waals surface area contributed by atoms with Crippen LogP contribution in [-0.2, 0) is 6.18 Å². The number of nitriles is 3. The van der Waals surface area contributed by atoms with Crippen LogP contribution in [0.4, 0.5) is 23.2 Å². The number of anilines is 1. The molecular formula is C12H4F4N4. The van der Waals surface area contributed by atoms with Gasteiger partial charge in [0, 0.05) is 6.20 Å². The monoisotopic (exact) mass is 280 g/mol. The van der Waals surface area contributed by atoms with Crippen molar-refractivity contribution < 1.29 is 17.6 Å². The number of rotatable bonds is 2. The molecule has 1 aromatic rings.